The van der Waals surface area contributed by atoms with E-state index >= 15 is 0 Å². The number of fused-ring (bicyclic) bond motifs is 1. The van der Waals surface area contributed by atoms with Gasteiger partial charge in [0.05, 0.1) is 11.4 Å². The maximum Gasteiger partial charge on any atom is 0.160 e. The van der Waals surface area contributed by atoms with Gasteiger partial charge in [-0.05, 0) is 64.2 Å². The molecule has 0 saturated heterocycles. The summed E-state index contributed by atoms with van der Waals surface area (Å²) in [5.41, 5.74) is 17.9. The number of rotatable bonds is 6. The van der Waals surface area contributed by atoms with Gasteiger partial charge in [0.1, 0.15) is 18.2 Å². The summed E-state index contributed by atoms with van der Waals surface area (Å²) in [5.74, 6) is 1.47. The Morgan fingerprint density at radius 3 is 1.98 bits per heavy atom. The number of anilines is 4. The number of amidine groups is 2. The lowest BCUT2D eigenvalue weighted by molar-refractivity contribution is 0.351. The zero-order valence-corrected chi connectivity index (χ0v) is 28.5. The molecule has 0 bridgehead atoms. The van der Waals surface area contributed by atoms with E-state index in [1.54, 1.807) is 0 Å². The highest BCUT2D eigenvalue weighted by molar-refractivity contribution is 6.15. The lowest BCUT2D eigenvalue weighted by Gasteiger charge is -2.36. The standard InChI is InChI=1S/C44H40N6/c1-44(2,3)43-46-38-20-12-13-21-39(38)50(43)33-25-22-29(23-26-33)37-28-32(45)24-27-35(37)34-18-10-11-19-36(34)42-48-40(30-14-6-4-7-15-30)47-41(49-42)31-16-8-5-9-17-31/h4-28,40,43,46H,45H2,1-3H3,(H,47,48,49). The number of hydrogen-bond acceptors (Lipinski definition) is 6. The van der Waals surface area contributed by atoms with Gasteiger partial charge in [-0.2, -0.15) is 0 Å². The normalized spacial score (nSPS) is 16.9. The van der Waals surface area contributed by atoms with Crippen molar-refractivity contribution in [2.24, 2.45) is 15.4 Å². The van der Waals surface area contributed by atoms with Gasteiger partial charge < -0.3 is 21.3 Å². The van der Waals surface area contributed by atoms with Crippen LogP contribution in [0.3, 0.4) is 0 Å². The number of aliphatic imine (C=N–C) groups is 2. The van der Waals surface area contributed by atoms with Crippen molar-refractivity contribution in [1.82, 2.24) is 5.32 Å². The first-order valence-corrected chi connectivity index (χ1v) is 17.1. The first kappa shape index (κ1) is 31.1. The molecule has 0 amide bonds. The lowest BCUT2D eigenvalue weighted by Crippen LogP contribution is -2.42. The van der Waals surface area contributed by atoms with Crippen molar-refractivity contribution < 1.29 is 0 Å². The van der Waals surface area contributed by atoms with Crippen LogP contribution >= 0.6 is 0 Å². The molecule has 0 spiro atoms. The van der Waals surface area contributed by atoms with Crippen LogP contribution in [0.25, 0.3) is 22.3 Å². The van der Waals surface area contributed by atoms with Crippen LogP contribution in [0, 0.1) is 5.41 Å². The molecule has 2 aliphatic heterocycles. The third kappa shape index (κ3) is 5.90. The molecule has 246 valence electrons. The third-order valence-electron chi connectivity index (χ3n) is 9.40. The summed E-state index contributed by atoms with van der Waals surface area (Å²) in [7, 11) is 0. The molecular weight excluding hydrogens is 613 g/mol. The Balaban J connectivity index is 1.21. The summed E-state index contributed by atoms with van der Waals surface area (Å²) in [4.78, 5) is 12.7. The second-order valence-electron chi connectivity index (χ2n) is 13.9. The smallest absolute Gasteiger partial charge is 0.160 e. The van der Waals surface area contributed by atoms with Crippen molar-refractivity contribution in [3.05, 3.63) is 168 Å². The summed E-state index contributed by atoms with van der Waals surface area (Å²) in [5, 5.41) is 7.33. The Morgan fingerprint density at radius 2 is 1.24 bits per heavy atom. The minimum absolute atomic E-state index is 0.00217. The van der Waals surface area contributed by atoms with Crippen LogP contribution in [0.4, 0.5) is 22.7 Å². The molecule has 2 aliphatic rings. The fraction of sp³-hybridized carbons (Fsp3) is 0.136. The summed E-state index contributed by atoms with van der Waals surface area (Å²) >= 11 is 0. The van der Waals surface area contributed by atoms with Crippen LogP contribution in [0.2, 0.25) is 0 Å². The van der Waals surface area contributed by atoms with Gasteiger partial charge in [0.2, 0.25) is 0 Å². The van der Waals surface area contributed by atoms with Crippen LogP contribution in [-0.4, -0.2) is 17.8 Å². The zero-order valence-electron chi connectivity index (χ0n) is 28.5. The van der Waals surface area contributed by atoms with Crippen molar-refractivity contribution in [3.8, 4) is 22.3 Å². The first-order chi connectivity index (χ1) is 24.3. The number of nitrogens with one attached hydrogen (secondary N) is 2. The van der Waals surface area contributed by atoms with E-state index in [9.17, 15) is 0 Å². The lowest BCUT2D eigenvalue weighted by atomic mass is 9.90. The van der Waals surface area contributed by atoms with E-state index in [0.717, 1.165) is 56.2 Å². The van der Waals surface area contributed by atoms with Crippen LogP contribution in [0.15, 0.2) is 162 Å². The van der Waals surface area contributed by atoms with Gasteiger partial charge in [-0.25, -0.2) is 9.98 Å². The van der Waals surface area contributed by atoms with Crippen molar-refractivity contribution in [2.75, 3.05) is 16.0 Å². The van der Waals surface area contributed by atoms with Crippen LogP contribution < -0.4 is 21.3 Å². The second-order valence-corrected chi connectivity index (χ2v) is 13.9. The van der Waals surface area contributed by atoms with Crippen LogP contribution in [0.5, 0.6) is 0 Å². The number of nitrogen functional groups attached to an aromatic ring is 1. The molecule has 6 aromatic carbocycles. The number of benzene rings is 6. The van der Waals surface area contributed by atoms with Crippen molar-refractivity contribution in [2.45, 2.75) is 33.1 Å². The van der Waals surface area contributed by atoms with Gasteiger partial charge in [-0.15, -0.1) is 0 Å². The van der Waals surface area contributed by atoms with Gasteiger partial charge in [-0.1, -0.05) is 136 Å². The molecule has 4 N–H and O–H groups in total. The minimum Gasteiger partial charge on any atom is -0.399 e. The predicted octanol–water partition coefficient (Wildman–Crippen LogP) is 10.0. The van der Waals surface area contributed by atoms with E-state index in [4.69, 9.17) is 15.7 Å². The van der Waals surface area contributed by atoms with Crippen molar-refractivity contribution in [3.63, 3.8) is 0 Å². The zero-order chi connectivity index (χ0) is 34.2. The van der Waals surface area contributed by atoms with Crippen LogP contribution in [-0.2, 0) is 0 Å². The Morgan fingerprint density at radius 1 is 0.600 bits per heavy atom. The van der Waals surface area contributed by atoms with E-state index in [2.05, 4.69) is 145 Å². The fourth-order valence-electron chi connectivity index (χ4n) is 6.92. The van der Waals surface area contributed by atoms with Crippen molar-refractivity contribution in [1.29, 1.82) is 0 Å². The van der Waals surface area contributed by atoms with E-state index in [1.165, 1.54) is 5.69 Å². The topological polar surface area (TPSA) is 78.0 Å². The van der Waals surface area contributed by atoms with Gasteiger partial charge in [0, 0.05) is 27.9 Å². The highest BCUT2D eigenvalue weighted by Crippen LogP contribution is 2.45. The molecule has 6 aromatic rings. The molecule has 0 radical (unpaired) electrons. The first-order valence-electron chi connectivity index (χ1n) is 17.1. The molecule has 8 rings (SSSR count). The number of nitrogens with two attached hydrogens (primary N) is 1. The fourth-order valence-corrected chi connectivity index (χ4v) is 6.92. The Labute approximate surface area is 294 Å². The molecular formula is C44H40N6. The second kappa shape index (κ2) is 12.7. The molecule has 6 nitrogen and oxygen atoms in total. The Hall–Kier alpha value is -6.14. The van der Waals surface area contributed by atoms with E-state index in [0.29, 0.717) is 11.5 Å². The third-order valence-corrected chi connectivity index (χ3v) is 9.40. The van der Waals surface area contributed by atoms with Gasteiger partial charge in [0.25, 0.3) is 0 Å². The summed E-state index contributed by atoms with van der Waals surface area (Å²) in [6.07, 6.45) is -0.167. The maximum absolute atomic E-state index is 6.47. The molecule has 6 heteroatoms. The Bertz CT molecular complexity index is 2220. The number of hydrogen-bond donors (Lipinski definition) is 3. The summed E-state index contributed by atoms with van der Waals surface area (Å²) in [6.45, 7) is 6.82. The van der Waals surface area contributed by atoms with Gasteiger partial charge in [0.15, 0.2) is 5.84 Å². The average Bonchev–Trinajstić information content (AvgIpc) is 3.56. The molecule has 2 heterocycles. The molecule has 0 aliphatic carbocycles. The predicted molar refractivity (Wildman–Crippen MR) is 209 cm³/mol. The van der Waals surface area contributed by atoms with E-state index < -0.39 is 0 Å². The largest absolute Gasteiger partial charge is 0.399 e. The summed E-state index contributed by atoms with van der Waals surface area (Å²) < 4.78 is 0. The molecule has 0 aromatic heterocycles. The Kier molecular flexibility index (Phi) is 7.92. The summed E-state index contributed by atoms with van der Waals surface area (Å²) in [6, 6.07) is 52.5. The molecule has 2 unspecified atom stereocenters. The quantitative estimate of drug-likeness (QED) is 0.157. The highest BCUT2D eigenvalue weighted by atomic mass is 15.3. The van der Waals surface area contributed by atoms with Gasteiger partial charge >= 0.3 is 0 Å². The van der Waals surface area contributed by atoms with Crippen LogP contribution in [0.1, 0.15) is 43.6 Å². The SMILES string of the molecule is CC(C)(C)C1Nc2ccccc2N1c1ccc(-c2cc(N)ccc2-c2ccccc2C2=NC(c3ccccc3)NC(c3ccccc3)=N2)cc1. The number of nitrogens with zero attached hydrogens (tertiary/aromatic N) is 3. The molecule has 2 atom stereocenters. The maximum atomic E-state index is 6.47. The van der Waals surface area contributed by atoms with E-state index in [1.807, 2.05) is 42.5 Å². The monoisotopic (exact) mass is 652 g/mol. The molecule has 50 heavy (non-hydrogen) atoms. The average molecular weight is 653 g/mol. The number of para-hydroxylation sites is 2. The highest BCUT2D eigenvalue weighted by Gasteiger charge is 2.37. The van der Waals surface area contributed by atoms with Crippen molar-refractivity contribution >= 4 is 34.4 Å². The molecule has 0 fully saturated rings. The molecule has 0 saturated carbocycles. The van der Waals surface area contributed by atoms with Gasteiger partial charge in [-0.3, -0.25) is 0 Å². The minimum atomic E-state index is -0.285. The van der Waals surface area contributed by atoms with E-state index in [-0.39, 0.29) is 17.7 Å².